The summed E-state index contributed by atoms with van der Waals surface area (Å²) in [5, 5.41) is 16.0. The molecular weight excluding hydrogens is 405 g/mol. The Morgan fingerprint density at radius 3 is 2.81 bits per heavy atom. The largest absolute Gasteiger partial charge is 0.454 e. The third kappa shape index (κ3) is 3.71. The van der Waals surface area contributed by atoms with Crippen LogP contribution in [0.25, 0.3) is 16.8 Å². The number of aromatic nitrogens is 1. The van der Waals surface area contributed by atoms with Crippen molar-refractivity contribution >= 4 is 45.8 Å². The smallest absolute Gasteiger partial charge is 0.231 e. The second-order valence-corrected chi connectivity index (χ2v) is 7.22. The summed E-state index contributed by atoms with van der Waals surface area (Å²) in [5.41, 5.74) is 2.81. The molecule has 0 amide bonds. The van der Waals surface area contributed by atoms with Crippen molar-refractivity contribution in [1.82, 2.24) is 4.98 Å². The normalized spacial score (nSPS) is 12.7. The fourth-order valence-electron chi connectivity index (χ4n) is 2.47. The van der Waals surface area contributed by atoms with E-state index in [0.717, 1.165) is 22.7 Å². The highest BCUT2D eigenvalue weighted by molar-refractivity contribution is 7.11. The van der Waals surface area contributed by atoms with Crippen LogP contribution in [-0.2, 0) is 0 Å². The van der Waals surface area contributed by atoms with Crippen LogP contribution in [0.3, 0.4) is 0 Å². The third-order valence-corrected chi connectivity index (χ3v) is 5.44. The lowest BCUT2D eigenvalue weighted by atomic mass is 10.1. The number of hydrogen-bond donors (Lipinski definition) is 1. The molecule has 1 N–H and O–H groups in total. The van der Waals surface area contributed by atoms with Gasteiger partial charge in [-0.15, -0.1) is 11.3 Å². The SMILES string of the molecule is N#C/C(=C\Nc1ccc(Cl)c(Cl)c1)c1nc(-c2ccc3c(c2)OCO3)cs1. The molecule has 2 heterocycles. The zero-order valence-corrected chi connectivity index (χ0v) is 16.0. The van der Waals surface area contributed by atoms with Crippen molar-refractivity contribution in [3.05, 3.63) is 63.0 Å². The fraction of sp³-hybridized carbons (Fsp3) is 0.0526. The minimum atomic E-state index is 0.225. The second kappa shape index (κ2) is 7.49. The van der Waals surface area contributed by atoms with Crippen LogP contribution in [0.2, 0.25) is 10.0 Å². The Bertz CT molecular complexity index is 1090. The van der Waals surface area contributed by atoms with Gasteiger partial charge in [0, 0.05) is 22.8 Å². The lowest BCUT2D eigenvalue weighted by Gasteiger charge is -2.03. The molecule has 5 nitrogen and oxygen atoms in total. The quantitative estimate of drug-likeness (QED) is 0.543. The molecule has 0 radical (unpaired) electrons. The number of halogens is 2. The Labute approximate surface area is 169 Å². The van der Waals surface area contributed by atoms with E-state index in [0.29, 0.717) is 26.4 Å². The molecular formula is C19H11Cl2N3O2S. The molecule has 0 unspecified atom stereocenters. The van der Waals surface area contributed by atoms with E-state index >= 15 is 0 Å². The maximum atomic E-state index is 9.49. The van der Waals surface area contributed by atoms with Crippen molar-refractivity contribution in [2.24, 2.45) is 0 Å². The summed E-state index contributed by atoms with van der Waals surface area (Å²) in [6.07, 6.45) is 1.60. The molecule has 0 fully saturated rings. The number of thiazole rings is 1. The Morgan fingerprint density at radius 2 is 2.00 bits per heavy atom. The predicted octanol–water partition coefficient (Wildman–Crippen LogP) is 5.82. The van der Waals surface area contributed by atoms with Gasteiger partial charge in [-0.2, -0.15) is 5.26 Å². The highest BCUT2D eigenvalue weighted by Gasteiger charge is 2.16. The van der Waals surface area contributed by atoms with Gasteiger partial charge in [-0.05, 0) is 36.4 Å². The first-order valence-electron chi connectivity index (χ1n) is 7.82. The van der Waals surface area contributed by atoms with Gasteiger partial charge in [-0.1, -0.05) is 23.2 Å². The highest BCUT2D eigenvalue weighted by atomic mass is 35.5. The van der Waals surface area contributed by atoms with E-state index in [2.05, 4.69) is 16.4 Å². The Kier molecular flexibility index (Phi) is 4.90. The van der Waals surface area contributed by atoms with Crippen molar-refractivity contribution < 1.29 is 9.47 Å². The van der Waals surface area contributed by atoms with Crippen molar-refractivity contribution in [2.75, 3.05) is 12.1 Å². The average molecular weight is 416 g/mol. The first kappa shape index (κ1) is 17.7. The van der Waals surface area contributed by atoms with E-state index in [-0.39, 0.29) is 6.79 Å². The van der Waals surface area contributed by atoms with Crippen LogP contribution in [0.15, 0.2) is 48.0 Å². The Morgan fingerprint density at radius 1 is 1.15 bits per heavy atom. The van der Waals surface area contributed by atoms with Crippen molar-refractivity contribution in [3.63, 3.8) is 0 Å². The number of nitriles is 1. The molecule has 4 rings (SSSR count). The first-order valence-corrected chi connectivity index (χ1v) is 9.45. The molecule has 0 aliphatic carbocycles. The van der Waals surface area contributed by atoms with Crippen LogP contribution in [0.1, 0.15) is 5.01 Å². The van der Waals surface area contributed by atoms with Gasteiger partial charge in [0.1, 0.15) is 16.6 Å². The van der Waals surface area contributed by atoms with Crippen molar-refractivity contribution in [1.29, 1.82) is 5.26 Å². The molecule has 27 heavy (non-hydrogen) atoms. The van der Waals surface area contributed by atoms with E-state index in [4.69, 9.17) is 32.7 Å². The Balaban J connectivity index is 1.57. The molecule has 0 spiro atoms. The number of hydrogen-bond acceptors (Lipinski definition) is 6. The molecule has 3 aromatic rings. The molecule has 8 heteroatoms. The molecule has 2 aromatic carbocycles. The number of nitrogens with zero attached hydrogens (tertiary/aromatic N) is 2. The molecule has 0 bridgehead atoms. The number of ether oxygens (including phenoxy) is 2. The topological polar surface area (TPSA) is 67.2 Å². The number of rotatable bonds is 4. The van der Waals surface area contributed by atoms with Crippen LogP contribution in [-0.4, -0.2) is 11.8 Å². The summed E-state index contributed by atoms with van der Waals surface area (Å²) >= 11 is 13.3. The molecule has 0 saturated carbocycles. The van der Waals surface area contributed by atoms with Crippen LogP contribution in [0.5, 0.6) is 11.5 Å². The fourth-order valence-corrected chi connectivity index (χ4v) is 3.56. The lowest BCUT2D eigenvalue weighted by Crippen LogP contribution is -1.92. The molecule has 1 aromatic heterocycles. The minimum Gasteiger partial charge on any atom is -0.454 e. The van der Waals surface area contributed by atoms with Gasteiger partial charge in [0.05, 0.1) is 15.7 Å². The lowest BCUT2D eigenvalue weighted by molar-refractivity contribution is 0.174. The highest BCUT2D eigenvalue weighted by Crippen LogP contribution is 2.36. The Hall–Kier alpha value is -2.72. The van der Waals surface area contributed by atoms with E-state index in [1.54, 1.807) is 24.4 Å². The molecule has 1 aliphatic rings. The summed E-state index contributed by atoms with van der Waals surface area (Å²) in [7, 11) is 0. The maximum absolute atomic E-state index is 9.49. The van der Waals surface area contributed by atoms with Crippen LogP contribution in [0, 0.1) is 11.3 Å². The average Bonchev–Trinajstić information content (AvgIpc) is 3.34. The number of benzene rings is 2. The predicted molar refractivity (Wildman–Crippen MR) is 107 cm³/mol. The first-order chi connectivity index (χ1) is 13.1. The third-order valence-electron chi connectivity index (χ3n) is 3.83. The monoisotopic (exact) mass is 415 g/mol. The van der Waals surface area contributed by atoms with Gasteiger partial charge in [0.25, 0.3) is 0 Å². The van der Waals surface area contributed by atoms with Crippen LogP contribution < -0.4 is 14.8 Å². The minimum absolute atomic E-state index is 0.225. The van der Waals surface area contributed by atoms with E-state index < -0.39 is 0 Å². The summed E-state index contributed by atoms with van der Waals surface area (Å²) in [6, 6.07) is 13.0. The van der Waals surface area contributed by atoms with Crippen molar-refractivity contribution in [3.8, 4) is 28.8 Å². The zero-order valence-electron chi connectivity index (χ0n) is 13.7. The van der Waals surface area contributed by atoms with Gasteiger partial charge >= 0.3 is 0 Å². The summed E-state index contributed by atoms with van der Waals surface area (Å²) in [4.78, 5) is 4.57. The van der Waals surface area contributed by atoms with E-state index in [1.807, 2.05) is 23.6 Å². The summed E-state index contributed by atoms with van der Waals surface area (Å²) < 4.78 is 10.7. The number of fused-ring (bicyclic) bond motifs is 1. The van der Waals surface area contributed by atoms with E-state index in [9.17, 15) is 5.26 Å². The maximum Gasteiger partial charge on any atom is 0.231 e. The second-order valence-electron chi connectivity index (χ2n) is 5.55. The molecule has 0 saturated heterocycles. The molecule has 1 aliphatic heterocycles. The van der Waals surface area contributed by atoms with Crippen LogP contribution >= 0.6 is 34.5 Å². The number of nitrogens with one attached hydrogen (secondary N) is 1. The summed E-state index contributed by atoms with van der Waals surface area (Å²) in [6.45, 7) is 0.225. The summed E-state index contributed by atoms with van der Waals surface area (Å²) in [5.74, 6) is 1.41. The van der Waals surface area contributed by atoms with Gasteiger partial charge in [0.2, 0.25) is 6.79 Å². The number of anilines is 1. The van der Waals surface area contributed by atoms with E-state index in [1.165, 1.54) is 11.3 Å². The van der Waals surface area contributed by atoms with Gasteiger partial charge in [-0.3, -0.25) is 0 Å². The van der Waals surface area contributed by atoms with Crippen molar-refractivity contribution in [2.45, 2.75) is 0 Å². The van der Waals surface area contributed by atoms with Crippen LogP contribution in [0.4, 0.5) is 5.69 Å². The molecule has 134 valence electrons. The van der Waals surface area contributed by atoms with Gasteiger partial charge in [-0.25, -0.2) is 4.98 Å². The molecule has 0 atom stereocenters. The van der Waals surface area contributed by atoms with Gasteiger partial charge in [0.15, 0.2) is 11.5 Å². The number of allylic oxidation sites excluding steroid dienone is 1. The standard InChI is InChI=1S/C19H11Cl2N3O2S/c20-14-3-2-13(6-15(14)21)23-8-12(7-22)19-24-16(9-27-19)11-1-4-17-18(5-11)26-10-25-17/h1-6,8-9,23H,10H2/b12-8+. The zero-order chi connectivity index (χ0) is 18.8. The van der Waals surface area contributed by atoms with Gasteiger partial charge < -0.3 is 14.8 Å².